The molecule has 25 heteroatoms. The number of aromatic nitrogens is 8. The van der Waals surface area contributed by atoms with Gasteiger partial charge in [0.05, 0.1) is 118 Å². The molecule has 0 atom stereocenters. The van der Waals surface area contributed by atoms with Crippen LogP contribution in [0.4, 0.5) is 17.7 Å². The minimum atomic E-state index is -1.85. The van der Waals surface area contributed by atoms with Crippen LogP contribution in [-0.4, -0.2) is 119 Å². The number of nitrogens with zero attached hydrogens (tertiary/aromatic N) is 7. The van der Waals surface area contributed by atoms with Crippen LogP contribution in [0.1, 0.15) is 249 Å². The van der Waals surface area contributed by atoms with Crippen LogP contribution in [0.5, 0.6) is 69.0 Å². The predicted molar refractivity (Wildman–Crippen MR) is 455 cm³/mol. The quantitative estimate of drug-likeness (QED) is 0.0339. The van der Waals surface area contributed by atoms with Gasteiger partial charge in [0.1, 0.15) is 11.3 Å². The summed E-state index contributed by atoms with van der Waals surface area (Å²) < 4.78 is 158. The summed E-state index contributed by atoms with van der Waals surface area (Å²) in [6, 6.07) is 0.786. The molecule has 20 nitrogen and oxygen atoms in total. The minimum Gasteiger partial charge on any atom is -0.488 e. The van der Waals surface area contributed by atoms with Crippen molar-refractivity contribution in [2.45, 2.75) is 249 Å². The molecule has 9 rings (SSSR count). The molecule has 1 N–H and O–H groups in total. The first-order valence-electron chi connectivity index (χ1n) is 40.6. The van der Waals surface area contributed by atoms with Gasteiger partial charge in [0.2, 0.25) is 34.5 Å². The van der Waals surface area contributed by atoms with E-state index in [4.69, 9.17) is 86.7 Å². The van der Waals surface area contributed by atoms with Crippen molar-refractivity contribution in [3.8, 4) is 115 Å². The Morgan fingerprint density at radius 1 is 0.256 bits per heavy atom. The van der Waals surface area contributed by atoms with Gasteiger partial charge in [-0.15, -0.1) is 4.79 Å². The van der Waals surface area contributed by atoms with E-state index in [0.717, 1.165) is 6.07 Å². The van der Waals surface area contributed by atoms with Crippen LogP contribution in [0, 0.1) is 82.4 Å². The zero-order chi connectivity index (χ0) is 87.1. The standard InChI is InChI=1S/C92H134F4N8O12.Zn/c1-81(2,3)38-105-61-53-54(62(106-39-82(4,5)6)68(112-45-88(22,23)24)67(61)111-44-87(19,20)21)76-99-75(53)98-73-50-37-51(93)59(94)60(95)52(50)74(97-73)102-79-57-58(66(110-43-86(16,17)18)72(116-49-92(34,35)36)71(115-48-91(31,32)33)65(57)109-42-85(13,14)15)80(104(79)96)103-78-56-55(77(100-76)101-78)63(107-40-83(7,8)9)69(113-46-89(25,26)27)70(114-47-90(28,29)30)64(56)108-41-84(10,11)12;/h37H,38-49H2,1-36H3,(H,97,98,99,100,101,102,103);. The van der Waals surface area contributed by atoms with E-state index in [1.54, 1.807) is 0 Å². The summed E-state index contributed by atoms with van der Waals surface area (Å²) in [6.45, 7) is 73.7. The van der Waals surface area contributed by atoms with E-state index < -0.39 is 111 Å². The summed E-state index contributed by atoms with van der Waals surface area (Å²) in [5.74, 6) is -5.46. The first kappa shape index (κ1) is 94.7. The summed E-state index contributed by atoms with van der Waals surface area (Å²) in [5, 5.41) is 0.178. The predicted octanol–water partition coefficient (Wildman–Crippen LogP) is 24.6. The van der Waals surface area contributed by atoms with E-state index in [2.05, 4.69) is 25.8 Å². The van der Waals surface area contributed by atoms with Crippen molar-refractivity contribution in [3.05, 3.63) is 23.5 Å². The van der Waals surface area contributed by atoms with Gasteiger partial charge >= 0.3 is 0 Å². The maximum Gasteiger partial charge on any atom is 0.208 e. The summed E-state index contributed by atoms with van der Waals surface area (Å²) in [5.41, 5.74) is -8.23. The van der Waals surface area contributed by atoms with E-state index in [9.17, 15) is 0 Å². The number of H-pyrrole nitrogens is 1. The molecule has 8 bridgehead atoms. The topological polar surface area (TPSA) is 209 Å². The second-order valence-electron chi connectivity index (χ2n) is 46.0. The fourth-order valence-electron chi connectivity index (χ4n) is 11.4. The Morgan fingerprint density at radius 3 is 0.726 bits per heavy atom. The van der Waals surface area contributed by atoms with Crippen LogP contribution in [0.15, 0.2) is 6.07 Å². The molecule has 4 aromatic carbocycles. The average molecular weight is 1690 g/mol. The molecule has 0 saturated carbocycles. The molecule has 3 aromatic heterocycles. The number of aromatic amines is 1. The number of rotatable bonds is 24. The largest absolute Gasteiger partial charge is 0.488 e. The first-order chi connectivity index (χ1) is 52.6. The van der Waals surface area contributed by atoms with Crippen molar-refractivity contribution >= 4 is 44.1 Å². The molecule has 0 radical (unpaired) electrons. The summed E-state index contributed by atoms with van der Waals surface area (Å²) in [7, 11) is 0. The van der Waals surface area contributed by atoms with Gasteiger partial charge in [-0.25, -0.2) is 43.1 Å². The zero-order valence-electron chi connectivity index (χ0n) is 77.3. The molecule has 0 unspecified atom stereocenters. The Hall–Kier alpha value is -7.82. The summed E-state index contributed by atoms with van der Waals surface area (Å²) in [6.07, 6.45) is 0. The number of ether oxygens (including phenoxy) is 12. The van der Waals surface area contributed by atoms with Gasteiger partial charge in [-0.05, 0) is 71.0 Å². The van der Waals surface area contributed by atoms with Crippen molar-refractivity contribution in [2.75, 3.05) is 79.3 Å². The van der Waals surface area contributed by atoms with Crippen LogP contribution >= 0.6 is 0 Å². The third kappa shape index (κ3) is 24.3. The second kappa shape index (κ2) is 33.6. The minimum absolute atomic E-state index is 0. The van der Waals surface area contributed by atoms with Crippen LogP contribution in [0.2, 0.25) is 0 Å². The fraction of sp³-hybridized carbons (Fsp3) is 0.652. The molecule has 0 saturated heterocycles. The van der Waals surface area contributed by atoms with E-state index in [-0.39, 0.29) is 234 Å². The number of benzene rings is 4. The molecular formula is C92H134F4N8O12Zn. The maximum absolute atomic E-state index is 20.3. The Kier molecular flexibility index (Phi) is 27.2. The van der Waals surface area contributed by atoms with E-state index in [1.165, 1.54) is 0 Å². The van der Waals surface area contributed by atoms with Gasteiger partial charge < -0.3 is 61.8 Å². The molecule has 0 spiro atoms. The average Bonchev–Trinajstić information content (AvgIpc) is 1.56. The van der Waals surface area contributed by atoms with Gasteiger partial charge in [-0.2, -0.15) is 0 Å². The van der Waals surface area contributed by atoms with Crippen LogP contribution in [0.3, 0.4) is 0 Å². The molecular weight excluding hydrogens is 1550 g/mol. The fourth-order valence-corrected chi connectivity index (χ4v) is 11.4. The molecule has 0 aliphatic carbocycles. The van der Waals surface area contributed by atoms with E-state index in [1.807, 2.05) is 228 Å². The van der Waals surface area contributed by atoms with Crippen LogP contribution in [-0.2, 0) is 19.5 Å². The number of hydrogen-bond acceptors (Lipinski definition) is 18. The summed E-state index contributed by atoms with van der Waals surface area (Å²) in [4.78, 5) is 36.1. The van der Waals surface area contributed by atoms with Crippen LogP contribution < -0.4 is 56.8 Å². The Labute approximate surface area is 705 Å². The number of fused-ring (bicyclic) bond motifs is 20. The van der Waals surface area contributed by atoms with Crippen LogP contribution in [0.25, 0.3) is 89.7 Å². The SMILES string of the molecule is CC(C)(C)COc1c(OCC(C)(C)C)c(OCC(C)(C)C)c2c(c1OCC(C)(C)C)-c1nc-2nc2c3c(OCC(C)(C)C)c(OCC(C)(C)C)c(OCC(C)(C)C)c(OCC(C)(C)C)c3c(nc3nc(nc4[nH]c(n1)c1c(OCC(C)(C)C)c(OCC(C)(C)C)c(OCC(C)(C)C)c(OCC(C)(C)C)c41)-c1cc(F)c(F)c(F)c1-3)n2F.[Zn]. The first-order valence-corrected chi connectivity index (χ1v) is 40.6. The third-order valence-electron chi connectivity index (χ3n) is 16.6. The number of hydrogen-bond donors (Lipinski definition) is 1. The van der Waals surface area contributed by atoms with Crippen molar-refractivity contribution in [1.82, 2.24) is 39.7 Å². The number of halogens is 4. The summed E-state index contributed by atoms with van der Waals surface area (Å²) >= 11 is 0. The number of nitrogens with one attached hydrogen (secondary N) is 1. The maximum atomic E-state index is 20.3. The monoisotopic (exact) mass is 1680 g/mol. The molecule has 2 aliphatic heterocycles. The Morgan fingerprint density at radius 2 is 0.462 bits per heavy atom. The molecule has 7 aromatic rings. The molecule has 117 heavy (non-hydrogen) atoms. The Balaban J connectivity index is 0.0000171. The molecule has 0 amide bonds. The molecule has 5 heterocycles. The molecule has 0 fully saturated rings. The van der Waals surface area contributed by atoms with Gasteiger partial charge in [0.25, 0.3) is 0 Å². The second-order valence-corrected chi connectivity index (χ2v) is 46.0. The van der Waals surface area contributed by atoms with Gasteiger partial charge in [0, 0.05) is 25.0 Å². The molecule has 2 aliphatic rings. The van der Waals surface area contributed by atoms with Crippen molar-refractivity contribution in [2.24, 2.45) is 65.0 Å². The molecule has 644 valence electrons. The van der Waals surface area contributed by atoms with Crippen molar-refractivity contribution < 1.29 is 94.0 Å². The Bertz CT molecular complexity index is 4990. The van der Waals surface area contributed by atoms with E-state index >= 15 is 17.7 Å². The van der Waals surface area contributed by atoms with Gasteiger partial charge in [-0.1, -0.05) is 254 Å². The van der Waals surface area contributed by atoms with Gasteiger partial charge in [0.15, 0.2) is 86.5 Å². The smallest absolute Gasteiger partial charge is 0.208 e. The van der Waals surface area contributed by atoms with Crippen molar-refractivity contribution in [1.29, 1.82) is 0 Å². The zero-order valence-corrected chi connectivity index (χ0v) is 80.3. The third-order valence-corrected chi connectivity index (χ3v) is 16.6. The van der Waals surface area contributed by atoms with Gasteiger partial charge in [-0.3, -0.25) is 0 Å². The van der Waals surface area contributed by atoms with E-state index in [0.29, 0.717) is 0 Å². The van der Waals surface area contributed by atoms with Crippen molar-refractivity contribution in [3.63, 3.8) is 0 Å². The normalized spacial score (nSPS) is 13.5.